The van der Waals surface area contributed by atoms with Crippen molar-refractivity contribution in [1.29, 1.82) is 0 Å². The largest absolute Gasteiger partial charge is 0.385 e. The molecule has 0 bridgehead atoms. The van der Waals surface area contributed by atoms with Crippen LogP contribution in [-0.4, -0.2) is 34.2 Å². The molecule has 0 aliphatic carbocycles. The molecule has 0 rings (SSSR count). The topological polar surface area (TPSA) is 27.7 Å². The Morgan fingerprint density at radius 1 is 0.700 bits per heavy atom. The fourth-order valence-electron chi connectivity index (χ4n) is 2.75. The molecule has 0 aromatic carbocycles. The number of unbranched alkanes of at least 4 members (excludes halogenated alkanes) is 6. The van der Waals surface area contributed by atoms with E-state index in [-0.39, 0.29) is 6.29 Å². The molecule has 0 aromatic rings. The summed E-state index contributed by atoms with van der Waals surface area (Å²) in [5.41, 5.74) is 0. The van der Waals surface area contributed by atoms with Crippen LogP contribution in [0.2, 0.25) is 0 Å². The maximum absolute atomic E-state index is 5.44. The van der Waals surface area contributed by atoms with Crippen LogP contribution in [0, 0.1) is 5.92 Å². The third-order valence-corrected chi connectivity index (χ3v) is 3.95. The van der Waals surface area contributed by atoms with Crippen molar-refractivity contribution in [3.63, 3.8) is 0 Å². The number of hydrogen-bond donors (Lipinski definition) is 0. The van der Waals surface area contributed by atoms with Crippen molar-refractivity contribution in [2.75, 3.05) is 27.9 Å². The monoisotopic (exact) mass is 288 g/mol. The maximum atomic E-state index is 5.44. The molecule has 20 heavy (non-hydrogen) atoms. The highest BCUT2D eigenvalue weighted by molar-refractivity contribution is 4.64. The van der Waals surface area contributed by atoms with Crippen LogP contribution in [0.4, 0.5) is 0 Å². The van der Waals surface area contributed by atoms with Gasteiger partial charge in [0.25, 0.3) is 0 Å². The Hall–Kier alpha value is -0.120. The van der Waals surface area contributed by atoms with E-state index in [9.17, 15) is 0 Å². The minimum atomic E-state index is -0.0630. The maximum Gasteiger partial charge on any atom is 0.159 e. The highest BCUT2D eigenvalue weighted by atomic mass is 16.7. The summed E-state index contributed by atoms with van der Waals surface area (Å²) in [6.07, 6.45) is 12.8. The van der Waals surface area contributed by atoms with Crippen molar-refractivity contribution in [3.05, 3.63) is 0 Å². The first-order chi connectivity index (χ1) is 9.79. The average molecular weight is 288 g/mol. The summed E-state index contributed by atoms with van der Waals surface area (Å²) in [5.74, 6) is 0.496. The van der Waals surface area contributed by atoms with Gasteiger partial charge >= 0.3 is 0 Å². The first-order valence-electron chi connectivity index (χ1n) is 8.34. The predicted octanol–water partition coefficient (Wildman–Crippen LogP) is 4.79. The van der Waals surface area contributed by atoms with Crippen LogP contribution in [0.3, 0.4) is 0 Å². The van der Waals surface area contributed by atoms with Crippen LogP contribution in [-0.2, 0) is 14.2 Å². The van der Waals surface area contributed by atoms with E-state index in [0.29, 0.717) is 5.92 Å². The van der Waals surface area contributed by atoms with Gasteiger partial charge in [-0.1, -0.05) is 51.9 Å². The standard InChI is InChI=1S/C17H36O3/c1-5-6-7-8-9-10-11-13-16(14-12-15-18-2)17(19-3)20-4/h16-17H,5-15H2,1-4H3. The van der Waals surface area contributed by atoms with Crippen LogP contribution in [0.15, 0.2) is 0 Å². The average Bonchev–Trinajstić information content (AvgIpc) is 2.47. The lowest BCUT2D eigenvalue weighted by molar-refractivity contribution is -0.141. The van der Waals surface area contributed by atoms with Gasteiger partial charge in [-0.25, -0.2) is 0 Å². The summed E-state index contributed by atoms with van der Waals surface area (Å²) in [6.45, 7) is 3.09. The Labute approximate surface area is 126 Å². The van der Waals surface area contributed by atoms with E-state index in [0.717, 1.165) is 19.4 Å². The van der Waals surface area contributed by atoms with Gasteiger partial charge in [-0.3, -0.25) is 0 Å². The summed E-state index contributed by atoms with van der Waals surface area (Å²) in [7, 11) is 5.24. The Kier molecular flexibility index (Phi) is 15.2. The Morgan fingerprint density at radius 2 is 1.25 bits per heavy atom. The molecule has 0 amide bonds. The quantitative estimate of drug-likeness (QED) is 0.320. The number of hydrogen-bond acceptors (Lipinski definition) is 3. The molecule has 0 heterocycles. The molecule has 3 nitrogen and oxygen atoms in total. The lowest BCUT2D eigenvalue weighted by atomic mass is 9.95. The Bertz CT molecular complexity index is 181. The fraction of sp³-hybridized carbons (Fsp3) is 1.00. The molecule has 1 atom stereocenters. The third-order valence-electron chi connectivity index (χ3n) is 3.95. The van der Waals surface area contributed by atoms with Gasteiger partial charge in [0.1, 0.15) is 0 Å². The molecule has 0 radical (unpaired) electrons. The summed E-state index contributed by atoms with van der Waals surface area (Å²) in [5, 5.41) is 0. The number of rotatable bonds is 15. The molecule has 0 saturated carbocycles. The van der Waals surface area contributed by atoms with E-state index >= 15 is 0 Å². The van der Waals surface area contributed by atoms with Gasteiger partial charge in [0, 0.05) is 33.9 Å². The molecular formula is C17H36O3. The van der Waals surface area contributed by atoms with Gasteiger partial charge in [-0.05, 0) is 19.3 Å². The molecule has 0 fully saturated rings. The van der Waals surface area contributed by atoms with Crippen molar-refractivity contribution in [3.8, 4) is 0 Å². The van der Waals surface area contributed by atoms with Crippen LogP contribution >= 0.6 is 0 Å². The van der Waals surface area contributed by atoms with Crippen LogP contribution in [0.5, 0.6) is 0 Å². The van der Waals surface area contributed by atoms with Crippen molar-refractivity contribution < 1.29 is 14.2 Å². The van der Waals surface area contributed by atoms with Crippen LogP contribution in [0.25, 0.3) is 0 Å². The van der Waals surface area contributed by atoms with Crippen molar-refractivity contribution in [2.45, 2.75) is 77.4 Å². The molecule has 0 spiro atoms. The fourth-order valence-corrected chi connectivity index (χ4v) is 2.75. The van der Waals surface area contributed by atoms with E-state index in [1.165, 1.54) is 51.4 Å². The minimum Gasteiger partial charge on any atom is -0.385 e. The van der Waals surface area contributed by atoms with E-state index < -0.39 is 0 Å². The summed E-state index contributed by atoms with van der Waals surface area (Å²) < 4.78 is 16.0. The van der Waals surface area contributed by atoms with Gasteiger partial charge in [0.15, 0.2) is 6.29 Å². The van der Waals surface area contributed by atoms with Gasteiger partial charge < -0.3 is 14.2 Å². The first-order valence-corrected chi connectivity index (χ1v) is 8.34. The molecule has 0 aliphatic heterocycles. The smallest absolute Gasteiger partial charge is 0.159 e. The third kappa shape index (κ3) is 10.6. The first kappa shape index (κ1) is 19.9. The molecule has 1 unspecified atom stereocenters. The van der Waals surface area contributed by atoms with Crippen molar-refractivity contribution in [1.82, 2.24) is 0 Å². The van der Waals surface area contributed by atoms with E-state index in [1.54, 1.807) is 21.3 Å². The van der Waals surface area contributed by atoms with E-state index in [1.807, 2.05) is 0 Å². The lowest BCUT2D eigenvalue weighted by Crippen LogP contribution is -2.25. The van der Waals surface area contributed by atoms with Crippen molar-refractivity contribution >= 4 is 0 Å². The Balaban J connectivity index is 3.78. The van der Waals surface area contributed by atoms with Gasteiger partial charge in [0.05, 0.1) is 0 Å². The molecular weight excluding hydrogens is 252 g/mol. The summed E-state index contributed by atoms with van der Waals surface area (Å²) in [4.78, 5) is 0. The second-order valence-electron chi connectivity index (χ2n) is 5.64. The normalized spacial score (nSPS) is 13.1. The minimum absolute atomic E-state index is 0.0630. The lowest BCUT2D eigenvalue weighted by Gasteiger charge is -2.24. The van der Waals surface area contributed by atoms with Gasteiger partial charge in [0.2, 0.25) is 0 Å². The molecule has 0 saturated heterocycles. The van der Waals surface area contributed by atoms with E-state index in [2.05, 4.69) is 6.92 Å². The van der Waals surface area contributed by atoms with Gasteiger partial charge in [-0.2, -0.15) is 0 Å². The second-order valence-corrected chi connectivity index (χ2v) is 5.64. The number of ether oxygens (including phenoxy) is 3. The Morgan fingerprint density at radius 3 is 1.80 bits per heavy atom. The zero-order chi connectivity index (χ0) is 15.1. The molecule has 3 heteroatoms. The zero-order valence-corrected chi connectivity index (χ0v) is 14.2. The number of methoxy groups -OCH3 is 3. The molecule has 122 valence electrons. The van der Waals surface area contributed by atoms with Crippen molar-refractivity contribution in [2.24, 2.45) is 5.92 Å². The van der Waals surface area contributed by atoms with Crippen LogP contribution < -0.4 is 0 Å². The highest BCUT2D eigenvalue weighted by Crippen LogP contribution is 2.22. The molecule has 0 aliphatic rings. The van der Waals surface area contributed by atoms with Gasteiger partial charge in [-0.15, -0.1) is 0 Å². The SMILES string of the molecule is CCCCCCCCCC(CCCOC)C(OC)OC. The summed E-state index contributed by atoms with van der Waals surface area (Å²) in [6, 6.07) is 0. The van der Waals surface area contributed by atoms with E-state index in [4.69, 9.17) is 14.2 Å². The second kappa shape index (κ2) is 15.3. The predicted molar refractivity (Wildman–Crippen MR) is 85.0 cm³/mol. The molecule has 0 aromatic heterocycles. The molecule has 0 N–H and O–H groups in total. The summed E-state index contributed by atoms with van der Waals surface area (Å²) >= 11 is 0. The highest BCUT2D eigenvalue weighted by Gasteiger charge is 2.20. The zero-order valence-electron chi connectivity index (χ0n) is 14.2. The van der Waals surface area contributed by atoms with Crippen LogP contribution in [0.1, 0.15) is 71.1 Å².